The maximum Gasteiger partial charge on any atom is 0.340 e. The molecule has 3 nitrogen and oxygen atoms in total. The lowest BCUT2D eigenvalue weighted by Gasteiger charge is -2.12. The van der Waals surface area contributed by atoms with Gasteiger partial charge in [0, 0.05) is 5.69 Å². The number of carbonyl (C=O) groups excluding carboxylic acids is 1. The zero-order chi connectivity index (χ0) is 14.5. The molecule has 104 valence electrons. The van der Waals surface area contributed by atoms with Crippen molar-refractivity contribution in [1.82, 2.24) is 0 Å². The van der Waals surface area contributed by atoms with Crippen LogP contribution in [0.2, 0.25) is 0 Å². The molecule has 0 aliphatic heterocycles. The van der Waals surface area contributed by atoms with E-state index in [2.05, 4.69) is 0 Å². The molecular formula is C17H19NO2. The summed E-state index contributed by atoms with van der Waals surface area (Å²) in [5.41, 5.74) is 9.15. The molecule has 0 aliphatic carbocycles. The van der Waals surface area contributed by atoms with E-state index >= 15 is 0 Å². The van der Waals surface area contributed by atoms with Crippen LogP contribution in [0, 0.1) is 0 Å². The summed E-state index contributed by atoms with van der Waals surface area (Å²) in [4.78, 5) is 12.0. The van der Waals surface area contributed by atoms with Gasteiger partial charge in [0.1, 0.15) is 0 Å². The molecular weight excluding hydrogens is 250 g/mol. The lowest BCUT2D eigenvalue weighted by atomic mass is 10.0. The van der Waals surface area contributed by atoms with Gasteiger partial charge in [0.2, 0.25) is 0 Å². The van der Waals surface area contributed by atoms with E-state index in [4.69, 9.17) is 10.5 Å². The van der Waals surface area contributed by atoms with Gasteiger partial charge < -0.3 is 10.5 Å². The zero-order valence-electron chi connectivity index (χ0n) is 11.8. The highest BCUT2D eigenvalue weighted by Gasteiger charge is 2.15. The molecule has 2 aromatic carbocycles. The van der Waals surface area contributed by atoms with Crippen LogP contribution in [0.4, 0.5) is 5.69 Å². The lowest BCUT2D eigenvalue weighted by molar-refractivity contribution is 0.0379. The monoisotopic (exact) mass is 269 g/mol. The Morgan fingerprint density at radius 3 is 2.45 bits per heavy atom. The topological polar surface area (TPSA) is 52.3 Å². The first-order chi connectivity index (χ1) is 9.58. The largest absolute Gasteiger partial charge is 0.459 e. The molecule has 0 aliphatic rings. The fraction of sp³-hybridized carbons (Fsp3) is 0.235. The van der Waals surface area contributed by atoms with Crippen molar-refractivity contribution in [3.05, 3.63) is 65.2 Å². The van der Waals surface area contributed by atoms with Gasteiger partial charge in [-0.1, -0.05) is 42.5 Å². The molecule has 2 rings (SSSR count). The number of carbonyl (C=O) groups is 1. The van der Waals surface area contributed by atoms with Crippen LogP contribution in [-0.2, 0) is 11.2 Å². The molecule has 2 N–H and O–H groups in total. The highest BCUT2D eigenvalue weighted by atomic mass is 16.5. The number of ether oxygens (including phenoxy) is 1. The van der Waals surface area contributed by atoms with Gasteiger partial charge in [-0.2, -0.15) is 0 Å². The smallest absolute Gasteiger partial charge is 0.340 e. The van der Waals surface area contributed by atoms with Gasteiger partial charge in [-0.3, -0.25) is 0 Å². The van der Waals surface area contributed by atoms with E-state index in [-0.39, 0.29) is 12.1 Å². The van der Waals surface area contributed by atoms with Gasteiger partial charge in [0.25, 0.3) is 0 Å². The van der Waals surface area contributed by atoms with Crippen molar-refractivity contribution in [1.29, 1.82) is 0 Å². The Kier molecular flexibility index (Phi) is 4.41. The minimum absolute atomic E-state index is 0.153. The Labute approximate surface area is 119 Å². The average molecular weight is 269 g/mol. The second-order valence-corrected chi connectivity index (χ2v) is 4.99. The number of hydrogen-bond acceptors (Lipinski definition) is 3. The van der Waals surface area contributed by atoms with Crippen LogP contribution >= 0.6 is 0 Å². The Hall–Kier alpha value is -2.29. The predicted octanol–water partition coefficient (Wildman–Crippen LogP) is 3.42. The molecule has 0 fully saturated rings. The summed E-state index contributed by atoms with van der Waals surface area (Å²) >= 11 is 0. The van der Waals surface area contributed by atoms with E-state index in [1.54, 1.807) is 6.07 Å². The second kappa shape index (κ2) is 6.24. The van der Waals surface area contributed by atoms with Crippen molar-refractivity contribution in [3.8, 4) is 0 Å². The summed E-state index contributed by atoms with van der Waals surface area (Å²) in [6, 6.07) is 15.5. The molecule has 0 bridgehead atoms. The third-order valence-electron chi connectivity index (χ3n) is 3.00. The molecule has 0 saturated heterocycles. The van der Waals surface area contributed by atoms with Crippen molar-refractivity contribution in [2.24, 2.45) is 0 Å². The first-order valence-electron chi connectivity index (χ1n) is 6.70. The van der Waals surface area contributed by atoms with Crippen LogP contribution in [0.3, 0.4) is 0 Å². The van der Waals surface area contributed by atoms with Crippen molar-refractivity contribution in [3.63, 3.8) is 0 Å². The number of nitrogen functional groups attached to an aromatic ring is 1. The van der Waals surface area contributed by atoms with Gasteiger partial charge in [-0.15, -0.1) is 0 Å². The molecule has 0 aromatic heterocycles. The van der Waals surface area contributed by atoms with Crippen molar-refractivity contribution < 1.29 is 9.53 Å². The van der Waals surface area contributed by atoms with E-state index in [9.17, 15) is 4.79 Å². The number of nitrogens with two attached hydrogens (primary N) is 1. The van der Waals surface area contributed by atoms with E-state index in [1.807, 2.05) is 56.3 Å². The Bertz CT molecular complexity index is 591. The lowest BCUT2D eigenvalue weighted by Crippen LogP contribution is -2.14. The molecule has 3 heteroatoms. The third-order valence-corrected chi connectivity index (χ3v) is 3.00. The molecule has 0 saturated carbocycles. The minimum atomic E-state index is -0.368. The summed E-state index contributed by atoms with van der Waals surface area (Å²) in [5.74, 6) is -0.368. The zero-order valence-corrected chi connectivity index (χ0v) is 11.8. The van der Waals surface area contributed by atoms with Gasteiger partial charge in [-0.25, -0.2) is 4.79 Å². The summed E-state index contributed by atoms with van der Waals surface area (Å²) in [6.45, 7) is 3.64. The fourth-order valence-electron chi connectivity index (χ4n) is 2.04. The fourth-order valence-corrected chi connectivity index (χ4v) is 2.04. The van der Waals surface area contributed by atoms with E-state index in [0.717, 1.165) is 11.1 Å². The maximum atomic E-state index is 12.0. The van der Waals surface area contributed by atoms with E-state index < -0.39 is 0 Å². The van der Waals surface area contributed by atoms with E-state index in [0.29, 0.717) is 17.7 Å². The second-order valence-electron chi connectivity index (χ2n) is 4.99. The van der Waals surface area contributed by atoms with Crippen molar-refractivity contribution in [2.75, 3.05) is 5.73 Å². The molecule has 0 radical (unpaired) electrons. The van der Waals surface area contributed by atoms with Crippen LogP contribution in [0.25, 0.3) is 0 Å². The number of esters is 1. The number of rotatable bonds is 4. The average Bonchev–Trinajstić information content (AvgIpc) is 2.41. The van der Waals surface area contributed by atoms with Gasteiger partial charge in [-0.05, 0) is 37.5 Å². The predicted molar refractivity (Wildman–Crippen MR) is 80.7 cm³/mol. The van der Waals surface area contributed by atoms with Crippen LogP contribution in [0.15, 0.2) is 48.5 Å². The van der Waals surface area contributed by atoms with Crippen molar-refractivity contribution in [2.45, 2.75) is 26.4 Å². The highest BCUT2D eigenvalue weighted by Crippen LogP contribution is 2.22. The van der Waals surface area contributed by atoms with Crippen LogP contribution < -0.4 is 5.73 Å². The number of para-hydroxylation sites is 1. The number of hydrogen-bond donors (Lipinski definition) is 1. The van der Waals surface area contributed by atoms with E-state index in [1.165, 1.54) is 0 Å². The van der Waals surface area contributed by atoms with Gasteiger partial charge >= 0.3 is 5.97 Å². The molecule has 0 spiro atoms. The molecule has 20 heavy (non-hydrogen) atoms. The van der Waals surface area contributed by atoms with Crippen LogP contribution in [-0.4, -0.2) is 12.1 Å². The van der Waals surface area contributed by atoms with Crippen LogP contribution in [0.1, 0.15) is 35.3 Å². The molecule has 2 aromatic rings. The summed E-state index contributed by atoms with van der Waals surface area (Å²) in [6.07, 6.45) is 0.551. The normalized spacial score (nSPS) is 10.6. The summed E-state index contributed by atoms with van der Waals surface area (Å²) in [7, 11) is 0. The number of anilines is 1. The molecule has 0 atom stereocenters. The molecule has 0 heterocycles. The van der Waals surface area contributed by atoms with Gasteiger partial charge in [0.05, 0.1) is 11.7 Å². The quantitative estimate of drug-likeness (QED) is 0.683. The summed E-state index contributed by atoms with van der Waals surface area (Å²) < 4.78 is 5.20. The number of benzene rings is 2. The Morgan fingerprint density at radius 1 is 1.10 bits per heavy atom. The van der Waals surface area contributed by atoms with Crippen molar-refractivity contribution >= 4 is 11.7 Å². The first-order valence-corrected chi connectivity index (χ1v) is 6.70. The standard InChI is InChI=1S/C17H19NO2/c1-12(2)20-17(19)15-10-6-9-14(16(15)18)11-13-7-4-3-5-8-13/h3-10,12H,11,18H2,1-2H3. The highest BCUT2D eigenvalue weighted by molar-refractivity contribution is 5.96. The third kappa shape index (κ3) is 3.38. The SMILES string of the molecule is CC(C)OC(=O)c1cccc(Cc2ccccc2)c1N. The minimum Gasteiger partial charge on any atom is -0.459 e. The Balaban J connectivity index is 2.26. The van der Waals surface area contributed by atoms with Crippen LogP contribution in [0.5, 0.6) is 0 Å². The maximum absolute atomic E-state index is 12.0. The first kappa shape index (κ1) is 14.1. The molecule has 0 amide bonds. The van der Waals surface area contributed by atoms with Gasteiger partial charge in [0.15, 0.2) is 0 Å². The molecule has 0 unspecified atom stereocenters. The Morgan fingerprint density at radius 2 is 1.80 bits per heavy atom. The summed E-state index contributed by atoms with van der Waals surface area (Å²) in [5, 5.41) is 0.